The van der Waals surface area contributed by atoms with Gasteiger partial charge in [-0.2, -0.15) is 0 Å². The van der Waals surface area contributed by atoms with Gasteiger partial charge >= 0.3 is 0 Å². The Balaban J connectivity index is 2.57. The fourth-order valence-electron chi connectivity index (χ4n) is 2.57. The largest absolute Gasteiger partial charge is 0.330 e. The zero-order chi connectivity index (χ0) is 8.48. The van der Waals surface area contributed by atoms with Crippen LogP contribution in [0.4, 0.5) is 0 Å². The average molecular weight is 155 g/mol. The van der Waals surface area contributed by atoms with Crippen molar-refractivity contribution in [2.45, 2.75) is 40.0 Å². The van der Waals surface area contributed by atoms with Crippen molar-refractivity contribution in [3.05, 3.63) is 0 Å². The molecular weight excluding hydrogens is 134 g/mol. The molecule has 2 atom stereocenters. The summed E-state index contributed by atoms with van der Waals surface area (Å²) in [6.45, 7) is 7.92. The molecule has 0 aromatic carbocycles. The molecule has 0 saturated heterocycles. The molecule has 2 unspecified atom stereocenters. The lowest BCUT2D eigenvalue weighted by Crippen LogP contribution is -2.28. The number of rotatable bonds is 2. The molecule has 66 valence electrons. The number of nitrogens with two attached hydrogens (primary N) is 1. The minimum atomic E-state index is 0.554. The highest BCUT2D eigenvalue weighted by atomic mass is 14.6. The van der Waals surface area contributed by atoms with Gasteiger partial charge in [0.05, 0.1) is 0 Å². The molecule has 1 heteroatoms. The van der Waals surface area contributed by atoms with Crippen LogP contribution in [-0.2, 0) is 0 Å². The molecule has 1 nitrogen and oxygen atoms in total. The SMILES string of the molecule is CC(CN)C1CCCC1(C)C. The number of hydrogen-bond acceptors (Lipinski definition) is 1. The Labute approximate surface area is 70.4 Å². The van der Waals surface area contributed by atoms with Gasteiger partial charge in [-0.3, -0.25) is 0 Å². The Kier molecular flexibility index (Phi) is 2.58. The fourth-order valence-corrected chi connectivity index (χ4v) is 2.57. The normalized spacial score (nSPS) is 32.2. The highest BCUT2D eigenvalue weighted by molar-refractivity contribution is 4.87. The third-order valence-corrected chi connectivity index (χ3v) is 3.40. The molecular formula is C10H21N. The molecule has 0 amide bonds. The molecule has 1 rings (SSSR count). The van der Waals surface area contributed by atoms with E-state index in [0.717, 1.165) is 12.5 Å². The van der Waals surface area contributed by atoms with Crippen molar-refractivity contribution >= 4 is 0 Å². The van der Waals surface area contributed by atoms with Crippen LogP contribution in [0.2, 0.25) is 0 Å². The van der Waals surface area contributed by atoms with Crippen LogP contribution in [-0.4, -0.2) is 6.54 Å². The Morgan fingerprint density at radius 3 is 2.55 bits per heavy atom. The van der Waals surface area contributed by atoms with E-state index in [-0.39, 0.29) is 0 Å². The van der Waals surface area contributed by atoms with Gasteiger partial charge in [-0.1, -0.05) is 27.2 Å². The summed E-state index contributed by atoms with van der Waals surface area (Å²) in [6, 6.07) is 0. The molecule has 0 radical (unpaired) electrons. The van der Waals surface area contributed by atoms with Gasteiger partial charge in [0, 0.05) is 0 Å². The van der Waals surface area contributed by atoms with Gasteiger partial charge in [-0.25, -0.2) is 0 Å². The van der Waals surface area contributed by atoms with Gasteiger partial charge in [-0.05, 0) is 36.6 Å². The molecule has 0 aromatic heterocycles. The van der Waals surface area contributed by atoms with Gasteiger partial charge < -0.3 is 5.73 Å². The van der Waals surface area contributed by atoms with Crippen LogP contribution in [0.5, 0.6) is 0 Å². The maximum absolute atomic E-state index is 5.67. The summed E-state index contributed by atoms with van der Waals surface area (Å²) >= 11 is 0. The molecule has 0 aromatic rings. The Bertz CT molecular complexity index is 129. The van der Waals surface area contributed by atoms with Crippen molar-refractivity contribution in [1.82, 2.24) is 0 Å². The molecule has 0 spiro atoms. The van der Waals surface area contributed by atoms with Crippen molar-refractivity contribution in [2.24, 2.45) is 23.0 Å². The summed E-state index contributed by atoms with van der Waals surface area (Å²) in [7, 11) is 0. The lowest BCUT2D eigenvalue weighted by molar-refractivity contribution is 0.192. The summed E-state index contributed by atoms with van der Waals surface area (Å²) in [5.74, 6) is 1.58. The van der Waals surface area contributed by atoms with Gasteiger partial charge in [-0.15, -0.1) is 0 Å². The lowest BCUT2D eigenvalue weighted by atomic mass is 9.75. The number of hydrogen-bond donors (Lipinski definition) is 1. The molecule has 2 N–H and O–H groups in total. The van der Waals surface area contributed by atoms with Gasteiger partial charge in [0.2, 0.25) is 0 Å². The van der Waals surface area contributed by atoms with Crippen LogP contribution >= 0.6 is 0 Å². The smallest absolute Gasteiger partial charge is 0.00487 e. The van der Waals surface area contributed by atoms with E-state index in [1.54, 1.807) is 0 Å². The first-order chi connectivity index (χ1) is 5.08. The van der Waals surface area contributed by atoms with Crippen LogP contribution in [0, 0.1) is 17.3 Å². The predicted molar refractivity (Wildman–Crippen MR) is 49.3 cm³/mol. The van der Waals surface area contributed by atoms with Crippen molar-refractivity contribution in [1.29, 1.82) is 0 Å². The zero-order valence-corrected chi connectivity index (χ0v) is 8.06. The summed E-state index contributed by atoms with van der Waals surface area (Å²) in [6.07, 6.45) is 4.19. The van der Waals surface area contributed by atoms with E-state index in [9.17, 15) is 0 Å². The van der Waals surface area contributed by atoms with Crippen LogP contribution < -0.4 is 5.73 Å². The predicted octanol–water partition coefficient (Wildman–Crippen LogP) is 2.41. The summed E-state index contributed by atoms with van der Waals surface area (Å²) in [5.41, 5.74) is 6.23. The first-order valence-corrected chi connectivity index (χ1v) is 4.78. The summed E-state index contributed by atoms with van der Waals surface area (Å²) in [4.78, 5) is 0. The van der Waals surface area contributed by atoms with Crippen molar-refractivity contribution in [2.75, 3.05) is 6.54 Å². The molecule has 0 aliphatic heterocycles. The summed E-state index contributed by atoms with van der Waals surface area (Å²) in [5, 5.41) is 0. The minimum absolute atomic E-state index is 0.554. The molecule has 1 saturated carbocycles. The molecule has 1 fully saturated rings. The van der Waals surface area contributed by atoms with E-state index in [2.05, 4.69) is 20.8 Å². The fraction of sp³-hybridized carbons (Fsp3) is 1.00. The average Bonchev–Trinajstić information content (AvgIpc) is 2.28. The van der Waals surface area contributed by atoms with Crippen molar-refractivity contribution < 1.29 is 0 Å². The van der Waals surface area contributed by atoms with Crippen molar-refractivity contribution in [3.8, 4) is 0 Å². The van der Waals surface area contributed by atoms with Crippen LogP contribution in [0.1, 0.15) is 40.0 Å². The highest BCUT2D eigenvalue weighted by Gasteiger charge is 2.36. The monoisotopic (exact) mass is 155 g/mol. The van der Waals surface area contributed by atoms with Crippen LogP contribution in [0.3, 0.4) is 0 Å². The second-order valence-electron chi connectivity index (χ2n) is 4.70. The van der Waals surface area contributed by atoms with E-state index >= 15 is 0 Å². The molecule has 11 heavy (non-hydrogen) atoms. The van der Waals surface area contributed by atoms with Crippen molar-refractivity contribution in [3.63, 3.8) is 0 Å². The zero-order valence-electron chi connectivity index (χ0n) is 8.06. The first-order valence-electron chi connectivity index (χ1n) is 4.78. The van der Waals surface area contributed by atoms with Gasteiger partial charge in [0.15, 0.2) is 0 Å². The Hall–Kier alpha value is -0.0400. The van der Waals surface area contributed by atoms with Crippen LogP contribution in [0.25, 0.3) is 0 Å². The standard InChI is InChI=1S/C10H21N/c1-8(7-11)9-5-4-6-10(9,2)3/h8-9H,4-7,11H2,1-3H3. The minimum Gasteiger partial charge on any atom is -0.330 e. The van der Waals surface area contributed by atoms with E-state index in [1.807, 2.05) is 0 Å². The topological polar surface area (TPSA) is 26.0 Å². The second kappa shape index (κ2) is 3.14. The maximum atomic E-state index is 5.67. The lowest BCUT2D eigenvalue weighted by Gasteiger charge is -2.31. The van der Waals surface area contributed by atoms with Crippen LogP contribution in [0.15, 0.2) is 0 Å². The highest BCUT2D eigenvalue weighted by Crippen LogP contribution is 2.45. The molecule has 0 bridgehead atoms. The third-order valence-electron chi connectivity index (χ3n) is 3.40. The molecule has 1 aliphatic rings. The van der Waals surface area contributed by atoms with E-state index < -0.39 is 0 Å². The third kappa shape index (κ3) is 1.76. The van der Waals surface area contributed by atoms with E-state index in [4.69, 9.17) is 5.73 Å². The molecule has 1 aliphatic carbocycles. The first kappa shape index (κ1) is 9.05. The maximum Gasteiger partial charge on any atom is -0.00487 e. The van der Waals surface area contributed by atoms with E-state index in [1.165, 1.54) is 19.3 Å². The van der Waals surface area contributed by atoms with E-state index in [0.29, 0.717) is 11.3 Å². The Morgan fingerprint density at radius 2 is 2.18 bits per heavy atom. The molecule has 0 heterocycles. The Morgan fingerprint density at radius 1 is 1.55 bits per heavy atom. The second-order valence-corrected chi connectivity index (χ2v) is 4.70. The quantitative estimate of drug-likeness (QED) is 0.651. The summed E-state index contributed by atoms with van der Waals surface area (Å²) < 4.78 is 0. The van der Waals surface area contributed by atoms with Gasteiger partial charge in [0.25, 0.3) is 0 Å². The van der Waals surface area contributed by atoms with Gasteiger partial charge in [0.1, 0.15) is 0 Å².